The van der Waals surface area contributed by atoms with Gasteiger partial charge in [0.15, 0.2) is 0 Å². The number of carbonyl (C=O) groups excluding carboxylic acids is 1. The van der Waals surface area contributed by atoms with Gasteiger partial charge < -0.3 is 10.4 Å². The maximum atomic E-state index is 11.4. The topological polar surface area (TPSA) is 79.3 Å². The Hall–Kier alpha value is -2.47. The van der Waals surface area contributed by atoms with Gasteiger partial charge in [0.05, 0.1) is 6.20 Å². The summed E-state index contributed by atoms with van der Waals surface area (Å²) in [6.45, 7) is 0. The molecule has 2 aromatic rings. The lowest BCUT2D eigenvalue weighted by Crippen LogP contribution is -2.17. The first kappa shape index (κ1) is 14.0. The van der Waals surface area contributed by atoms with Crippen LogP contribution in [-0.2, 0) is 0 Å². The summed E-state index contributed by atoms with van der Waals surface area (Å²) >= 11 is 1.11. The van der Waals surface area contributed by atoms with Crippen LogP contribution in [0.25, 0.3) is 12.2 Å². The van der Waals surface area contributed by atoms with Crippen LogP contribution in [-0.4, -0.2) is 29.0 Å². The summed E-state index contributed by atoms with van der Waals surface area (Å²) in [5.74, 6) is -1.11. The average molecular weight is 288 g/mol. The Morgan fingerprint density at radius 2 is 1.95 bits per heavy atom. The van der Waals surface area contributed by atoms with Gasteiger partial charge in [0.2, 0.25) is 0 Å². The molecule has 0 aliphatic heterocycles. The fourth-order valence-corrected chi connectivity index (χ4v) is 2.18. The molecule has 5 nitrogen and oxygen atoms in total. The Balaban J connectivity index is 2.10. The first-order valence-electron chi connectivity index (χ1n) is 5.79. The first-order valence-corrected chi connectivity index (χ1v) is 6.61. The second kappa shape index (κ2) is 6.12. The lowest BCUT2D eigenvalue weighted by atomic mass is 10.1. The molecule has 0 bridgehead atoms. The van der Waals surface area contributed by atoms with Crippen molar-refractivity contribution in [2.24, 2.45) is 0 Å². The second-order valence-corrected chi connectivity index (χ2v) is 4.96. The molecule has 0 radical (unpaired) electrons. The highest BCUT2D eigenvalue weighted by molar-refractivity contribution is 7.14. The van der Waals surface area contributed by atoms with Gasteiger partial charge in [0.25, 0.3) is 5.91 Å². The minimum atomic E-state index is -0.975. The fraction of sp³-hybridized carbons (Fsp3) is 0.0714. The van der Waals surface area contributed by atoms with Crippen molar-refractivity contribution in [3.8, 4) is 0 Å². The highest BCUT2D eigenvalue weighted by Crippen LogP contribution is 2.16. The molecule has 1 aromatic heterocycles. The van der Waals surface area contributed by atoms with Crippen LogP contribution in [0, 0.1) is 0 Å². The predicted molar refractivity (Wildman–Crippen MR) is 77.8 cm³/mol. The average Bonchev–Trinajstić information content (AvgIpc) is 2.94. The highest BCUT2D eigenvalue weighted by Gasteiger charge is 2.06. The van der Waals surface area contributed by atoms with Gasteiger partial charge >= 0.3 is 5.97 Å². The summed E-state index contributed by atoms with van der Waals surface area (Å²) < 4.78 is 0. The number of carboxylic acids is 1. The van der Waals surface area contributed by atoms with Gasteiger partial charge in [-0.3, -0.25) is 4.79 Å². The largest absolute Gasteiger partial charge is 0.477 e. The smallest absolute Gasteiger partial charge is 0.347 e. The van der Waals surface area contributed by atoms with E-state index in [-0.39, 0.29) is 10.8 Å². The third kappa shape index (κ3) is 3.30. The third-order valence-electron chi connectivity index (χ3n) is 2.55. The lowest BCUT2D eigenvalue weighted by Gasteiger charge is -1.99. The molecule has 0 spiro atoms. The molecular weight excluding hydrogens is 276 g/mol. The summed E-state index contributed by atoms with van der Waals surface area (Å²) in [5, 5.41) is 12.0. The number of hydrogen-bond acceptors (Lipinski definition) is 4. The number of carbonyl (C=O) groups is 2. The lowest BCUT2D eigenvalue weighted by molar-refractivity contribution is 0.0701. The number of hydrogen-bond donors (Lipinski definition) is 2. The van der Waals surface area contributed by atoms with E-state index in [1.54, 1.807) is 25.3 Å². The molecule has 1 aromatic carbocycles. The third-order valence-corrected chi connectivity index (χ3v) is 3.50. The van der Waals surface area contributed by atoms with Crippen LogP contribution in [0.2, 0.25) is 0 Å². The highest BCUT2D eigenvalue weighted by atomic mass is 32.1. The number of rotatable bonds is 4. The predicted octanol–water partition coefficient (Wildman–Crippen LogP) is 2.37. The Bertz CT molecular complexity index is 659. The number of thiazole rings is 1. The number of aromatic nitrogens is 1. The summed E-state index contributed by atoms with van der Waals surface area (Å²) in [5.41, 5.74) is 1.50. The molecule has 0 aliphatic rings. The van der Waals surface area contributed by atoms with Crippen molar-refractivity contribution >= 4 is 35.4 Å². The summed E-state index contributed by atoms with van der Waals surface area (Å²) in [4.78, 5) is 26.3. The minimum Gasteiger partial charge on any atom is -0.477 e. The van der Waals surface area contributed by atoms with E-state index in [1.807, 2.05) is 18.2 Å². The number of nitrogens with zero attached hydrogens (tertiary/aromatic N) is 1. The normalized spacial score (nSPS) is 10.7. The standard InChI is InChI=1S/C14H12N2O3S/c1-15-13(17)10-5-2-9(3-6-10)4-7-12-16-8-11(20-12)14(18)19/h2-8H,1H3,(H,15,17)(H,18,19). The number of benzene rings is 1. The van der Waals surface area contributed by atoms with E-state index in [1.165, 1.54) is 6.20 Å². The molecule has 1 amide bonds. The molecule has 0 saturated heterocycles. The van der Waals surface area contributed by atoms with Crippen LogP contribution < -0.4 is 5.32 Å². The van der Waals surface area contributed by atoms with E-state index in [4.69, 9.17) is 5.11 Å². The van der Waals surface area contributed by atoms with E-state index in [0.717, 1.165) is 16.9 Å². The Labute approximate surface area is 119 Å². The zero-order valence-corrected chi connectivity index (χ0v) is 11.5. The summed E-state index contributed by atoms with van der Waals surface area (Å²) in [6, 6.07) is 7.08. The zero-order valence-electron chi connectivity index (χ0n) is 10.7. The van der Waals surface area contributed by atoms with Crippen LogP contribution in [0.15, 0.2) is 30.5 Å². The van der Waals surface area contributed by atoms with Gasteiger partial charge in [-0.25, -0.2) is 9.78 Å². The maximum absolute atomic E-state index is 11.4. The van der Waals surface area contributed by atoms with E-state index < -0.39 is 5.97 Å². The Kier molecular flexibility index (Phi) is 4.27. The van der Waals surface area contributed by atoms with Gasteiger partial charge in [-0.2, -0.15) is 0 Å². The Morgan fingerprint density at radius 3 is 2.50 bits per heavy atom. The van der Waals surface area contributed by atoms with E-state index in [0.29, 0.717) is 10.6 Å². The van der Waals surface area contributed by atoms with E-state index in [2.05, 4.69) is 10.3 Å². The molecule has 102 valence electrons. The van der Waals surface area contributed by atoms with Gasteiger partial charge in [-0.15, -0.1) is 11.3 Å². The van der Waals surface area contributed by atoms with Crippen molar-refractivity contribution in [3.63, 3.8) is 0 Å². The number of amides is 1. The van der Waals surface area contributed by atoms with Crippen LogP contribution in [0.5, 0.6) is 0 Å². The molecule has 1 heterocycles. The van der Waals surface area contributed by atoms with E-state index >= 15 is 0 Å². The van der Waals surface area contributed by atoms with Crippen LogP contribution in [0.3, 0.4) is 0 Å². The zero-order chi connectivity index (χ0) is 14.5. The molecule has 2 rings (SSSR count). The monoisotopic (exact) mass is 288 g/mol. The molecule has 0 saturated carbocycles. The van der Waals surface area contributed by atoms with Gasteiger partial charge in [-0.1, -0.05) is 18.2 Å². The molecule has 0 atom stereocenters. The Morgan fingerprint density at radius 1 is 1.25 bits per heavy atom. The van der Waals surface area contributed by atoms with Crippen molar-refractivity contribution in [2.75, 3.05) is 7.05 Å². The number of nitrogens with one attached hydrogen (secondary N) is 1. The first-order chi connectivity index (χ1) is 9.60. The van der Waals surface area contributed by atoms with Gasteiger partial charge in [0, 0.05) is 12.6 Å². The van der Waals surface area contributed by atoms with Crippen molar-refractivity contribution in [1.29, 1.82) is 0 Å². The van der Waals surface area contributed by atoms with Gasteiger partial charge in [-0.05, 0) is 23.8 Å². The van der Waals surface area contributed by atoms with Crippen molar-refractivity contribution < 1.29 is 14.7 Å². The van der Waals surface area contributed by atoms with Crippen LogP contribution in [0.4, 0.5) is 0 Å². The van der Waals surface area contributed by atoms with Crippen LogP contribution in [0.1, 0.15) is 30.6 Å². The van der Waals surface area contributed by atoms with Crippen LogP contribution >= 0.6 is 11.3 Å². The van der Waals surface area contributed by atoms with Crippen molar-refractivity contribution in [1.82, 2.24) is 10.3 Å². The maximum Gasteiger partial charge on any atom is 0.347 e. The summed E-state index contributed by atoms with van der Waals surface area (Å²) in [6.07, 6.45) is 4.89. The van der Waals surface area contributed by atoms with Gasteiger partial charge in [0.1, 0.15) is 9.88 Å². The van der Waals surface area contributed by atoms with E-state index in [9.17, 15) is 9.59 Å². The van der Waals surface area contributed by atoms with Crippen molar-refractivity contribution in [2.45, 2.75) is 0 Å². The summed E-state index contributed by atoms with van der Waals surface area (Å²) in [7, 11) is 1.58. The quantitative estimate of drug-likeness (QED) is 0.905. The second-order valence-electron chi connectivity index (χ2n) is 3.90. The molecule has 2 N–H and O–H groups in total. The van der Waals surface area contributed by atoms with Crippen molar-refractivity contribution in [3.05, 3.63) is 51.5 Å². The molecule has 6 heteroatoms. The molecule has 0 fully saturated rings. The SMILES string of the molecule is CNC(=O)c1ccc(C=Cc2ncc(C(=O)O)s2)cc1. The number of carboxylic acid groups (broad SMARTS) is 1. The molecule has 0 unspecified atom stereocenters. The molecule has 20 heavy (non-hydrogen) atoms. The fourth-order valence-electron chi connectivity index (χ4n) is 1.52. The minimum absolute atomic E-state index is 0.133. The molecule has 0 aliphatic carbocycles. The number of aromatic carboxylic acids is 1. The molecular formula is C14H12N2O3S.